The van der Waals surface area contributed by atoms with Gasteiger partial charge in [-0.1, -0.05) is 18.2 Å². The van der Waals surface area contributed by atoms with Crippen molar-refractivity contribution in [3.63, 3.8) is 0 Å². The zero-order chi connectivity index (χ0) is 36.3. The maximum atomic E-state index is 12.9. The van der Waals surface area contributed by atoms with Crippen LogP contribution in [-0.4, -0.2) is 109 Å². The van der Waals surface area contributed by atoms with Crippen LogP contribution < -0.4 is 15.4 Å². The molecule has 0 radical (unpaired) electrons. The number of esters is 2. The first-order chi connectivity index (χ1) is 23.6. The molecule has 4 heterocycles. The lowest BCUT2D eigenvalue weighted by molar-refractivity contribution is -0.162. The van der Waals surface area contributed by atoms with E-state index in [0.29, 0.717) is 16.9 Å². The highest BCUT2D eigenvalue weighted by atomic mass is 32.2. The van der Waals surface area contributed by atoms with Crippen LogP contribution in [0.25, 0.3) is 0 Å². The number of carbonyl (C=O) groups excluding carboxylic acids is 6. The van der Waals surface area contributed by atoms with Crippen LogP contribution in [0.2, 0.25) is 0 Å². The van der Waals surface area contributed by atoms with Gasteiger partial charge < -0.3 is 39.8 Å². The van der Waals surface area contributed by atoms with Crippen molar-refractivity contribution in [2.75, 3.05) is 14.2 Å². The smallest absolute Gasteiger partial charge is 0.330 e. The summed E-state index contributed by atoms with van der Waals surface area (Å²) in [6.45, 7) is 7.45. The van der Waals surface area contributed by atoms with Crippen molar-refractivity contribution in [1.82, 2.24) is 20.4 Å². The molecular weight excluding hydrogens is 689 g/mol. The SMILES string of the molecule is COC(=O)[C@@H]1N2C(=O)[C@@H](NC(=O)Cc3ccc(Oc4cc(CC(=O)N[C@@H]5C(=O)N6[C@@H]5SC(C)(C)[C@@H]6C(=O)OC)ccc4O)cc3)[C@H]2SC1(C)C. The third-order valence-corrected chi connectivity index (χ3v) is 12.4. The van der Waals surface area contributed by atoms with Gasteiger partial charge in [0, 0.05) is 9.49 Å². The zero-order valence-electron chi connectivity index (χ0n) is 28.3. The molecule has 6 atom stereocenters. The van der Waals surface area contributed by atoms with Gasteiger partial charge in [0.05, 0.1) is 27.1 Å². The van der Waals surface area contributed by atoms with E-state index < -0.39 is 51.5 Å². The third kappa shape index (κ3) is 6.23. The summed E-state index contributed by atoms with van der Waals surface area (Å²) in [4.78, 5) is 79.1. The molecule has 0 aliphatic carbocycles. The van der Waals surface area contributed by atoms with Gasteiger partial charge in [-0.25, -0.2) is 9.59 Å². The second-order valence-electron chi connectivity index (χ2n) is 13.6. The molecular formula is C34H38N4O10S2. The van der Waals surface area contributed by atoms with Crippen molar-refractivity contribution in [2.45, 2.75) is 84.9 Å². The number of phenols is 1. The number of β-lactam (4-membered cyclic amide) rings is 2. The molecule has 0 aromatic heterocycles. The van der Waals surface area contributed by atoms with Crippen molar-refractivity contribution < 1.29 is 48.1 Å². The van der Waals surface area contributed by atoms with Crippen molar-refractivity contribution in [3.8, 4) is 17.2 Å². The van der Waals surface area contributed by atoms with Crippen LogP contribution >= 0.6 is 23.5 Å². The van der Waals surface area contributed by atoms with Gasteiger partial charge >= 0.3 is 11.9 Å². The minimum atomic E-state index is -0.772. The fraction of sp³-hybridized carbons (Fsp3) is 0.471. The van der Waals surface area contributed by atoms with Crippen molar-refractivity contribution >= 4 is 59.1 Å². The topological polar surface area (TPSA) is 181 Å². The molecule has 0 bridgehead atoms. The summed E-state index contributed by atoms with van der Waals surface area (Å²) in [6.07, 6.45) is -0.0836. The van der Waals surface area contributed by atoms with E-state index in [0.717, 1.165) is 0 Å². The number of hydrogen-bond acceptors (Lipinski definition) is 12. The van der Waals surface area contributed by atoms with E-state index >= 15 is 0 Å². The molecule has 6 rings (SSSR count). The van der Waals surface area contributed by atoms with Crippen LogP contribution in [-0.2, 0) is 51.1 Å². The third-order valence-electron chi connectivity index (χ3n) is 9.27. The number of ether oxygens (including phenoxy) is 3. The predicted molar refractivity (Wildman–Crippen MR) is 182 cm³/mol. The second kappa shape index (κ2) is 13.0. The Hall–Kier alpha value is -4.44. The number of carbonyl (C=O) groups is 6. The molecule has 4 aliphatic heterocycles. The minimum Gasteiger partial charge on any atom is -0.504 e. The summed E-state index contributed by atoms with van der Waals surface area (Å²) in [7, 11) is 2.56. The quantitative estimate of drug-likeness (QED) is 0.239. The van der Waals surface area contributed by atoms with Crippen LogP contribution in [0.5, 0.6) is 17.2 Å². The first-order valence-corrected chi connectivity index (χ1v) is 17.6. The lowest BCUT2D eigenvalue weighted by atomic mass is 9.96. The lowest BCUT2D eigenvalue weighted by Crippen LogP contribution is -2.70. The molecule has 3 N–H and O–H groups in total. The molecule has 2 aromatic carbocycles. The van der Waals surface area contributed by atoms with E-state index in [-0.39, 0.29) is 52.8 Å². The molecule has 2 aromatic rings. The van der Waals surface area contributed by atoms with E-state index in [1.807, 2.05) is 27.7 Å². The van der Waals surface area contributed by atoms with Crippen molar-refractivity contribution in [2.24, 2.45) is 0 Å². The Labute approximate surface area is 296 Å². The fourth-order valence-electron chi connectivity index (χ4n) is 6.85. The molecule has 14 nitrogen and oxygen atoms in total. The fourth-order valence-corrected chi connectivity index (χ4v) is 10.1. The molecule has 4 fully saturated rings. The number of phenolic OH excluding ortho intramolecular Hbond substituents is 1. The molecule has 0 unspecified atom stereocenters. The number of rotatable bonds is 10. The number of hydrogen-bond donors (Lipinski definition) is 3. The van der Waals surface area contributed by atoms with Crippen LogP contribution in [0.1, 0.15) is 38.8 Å². The van der Waals surface area contributed by atoms with Gasteiger partial charge in [-0.2, -0.15) is 0 Å². The van der Waals surface area contributed by atoms with Gasteiger partial charge in [0.1, 0.15) is 40.7 Å². The molecule has 16 heteroatoms. The highest BCUT2D eigenvalue weighted by molar-refractivity contribution is 8.02. The van der Waals surface area contributed by atoms with E-state index in [1.54, 1.807) is 30.3 Å². The Bertz CT molecular complexity index is 1770. The lowest BCUT2D eigenvalue weighted by Gasteiger charge is -2.43. The molecule has 4 saturated heterocycles. The van der Waals surface area contributed by atoms with Crippen LogP contribution in [0.4, 0.5) is 0 Å². The molecule has 4 aliphatic rings. The number of aromatic hydroxyl groups is 1. The average molecular weight is 727 g/mol. The van der Waals surface area contributed by atoms with Gasteiger partial charge in [0.2, 0.25) is 23.6 Å². The van der Waals surface area contributed by atoms with Gasteiger partial charge in [0.15, 0.2) is 11.5 Å². The number of amides is 4. The first kappa shape index (κ1) is 35.4. The standard InChI is InChI=1S/C34H38N4O10S2/c1-33(2)25(31(44)46-5)37-27(42)23(29(37)49-33)35-21(40)14-16-7-10-18(11-8-16)48-20-13-17(9-12-19(20)39)15-22(41)36-24-28(43)38-26(32(45)47-6)34(3,4)50-30(24)38/h7-13,23-26,29-30,39H,14-15H2,1-6H3,(H,35,40)(H,36,41)/t23-,24-,25+,26+,29-,30-/m1/s1. The van der Waals surface area contributed by atoms with Crippen LogP contribution in [0.3, 0.4) is 0 Å². The van der Waals surface area contributed by atoms with Gasteiger partial charge in [-0.3, -0.25) is 19.2 Å². The summed E-state index contributed by atoms with van der Waals surface area (Å²) >= 11 is 2.88. The van der Waals surface area contributed by atoms with E-state index in [1.165, 1.54) is 59.7 Å². The molecule has 4 amide bonds. The Kier molecular flexibility index (Phi) is 9.22. The van der Waals surface area contributed by atoms with Crippen LogP contribution in [0.15, 0.2) is 42.5 Å². The normalized spacial score (nSPS) is 26.9. The van der Waals surface area contributed by atoms with Gasteiger partial charge in [-0.05, 0) is 63.1 Å². The highest BCUT2D eigenvalue weighted by Gasteiger charge is 2.65. The number of nitrogens with one attached hydrogen (secondary N) is 2. The second-order valence-corrected chi connectivity index (χ2v) is 17.1. The Morgan fingerprint density at radius 3 is 1.64 bits per heavy atom. The van der Waals surface area contributed by atoms with Gasteiger partial charge in [-0.15, -0.1) is 23.5 Å². The summed E-state index contributed by atoms with van der Waals surface area (Å²) in [5.41, 5.74) is 1.19. The number of fused-ring (bicyclic) bond motifs is 2. The molecule has 266 valence electrons. The summed E-state index contributed by atoms with van der Waals surface area (Å²) in [5.74, 6) is -2.09. The maximum Gasteiger partial charge on any atom is 0.330 e. The Morgan fingerprint density at radius 2 is 1.18 bits per heavy atom. The van der Waals surface area contributed by atoms with Crippen molar-refractivity contribution in [1.29, 1.82) is 0 Å². The monoisotopic (exact) mass is 726 g/mol. The number of thioether (sulfide) groups is 2. The van der Waals surface area contributed by atoms with E-state index in [2.05, 4.69) is 10.6 Å². The number of methoxy groups -OCH3 is 2. The minimum absolute atomic E-state index is 0.00256. The zero-order valence-corrected chi connectivity index (χ0v) is 29.9. The van der Waals surface area contributed by atoms with Crippen LogP contribution in [0, 0.1) is 0 Å². The maximum absolute atomic E-state index is 12.9. The van der Waals surface area contributed by atoms with Gasteiger partial charge in [0.25, 0.3) is 0 Å². The Balaban J connectivity index is 1.01. The average Bonchev–Trinajstić information content (AvgIpc) is 3.48. The number of benzene rings is 2. The predicted octanol–water partition coefficient (Wildman–Crippen LogP) is 1.71. The number of nitrogens with zero attached hydrogens (tertiary/aromatic N) is 2. The molecule has 50 heavy (non-hydrogen) atoms. The molecule has 0 spiro atoms. The van der Waals surface area contributed by atoms with E-state index in [4.69, 9.17) is 14.2 Å². The highest BCUT2D eigenvalue weighted by Crippen LogP contribution is 2.52. The molecule has 0 saturated carbocycles. The summed E-state index contributed by atoms with van der Waals surface area (Å²) in [6, 6.07) is 8.17. The largest absolute Gasteiger partial charge is 0.504 e. The first-order valence-electron chi connectivity index (χ1n) is 15.9. The van der Waals surface area contributed by atoms with Crippen molar-refractivity contribution in [3.05, 3.63) is 53.6 Å². The summed E-state index contributed by atoms with van der Waals surface area (Å²) < 4.78 is 14.5. The Morgan fingerprint density at radius 1 is 0.740 bits per heavy atom. The van der Waals surface area contributed by atoms with E-state index in [9.17, 15) is 33.9 Å². The summed E-state index contributed by atoms with van der Waals surface area (Å²) in [5, 5.41) is 15.3.